The topological polar surface area (TPSA) is 46.9 Å². The van der Waals surface area contributed by atoms with Crippen molar-refractivity contribution in [3.05, 3.63) is 16.9 Å². The van der Waals surface area contributed by atoms with Crippen LogP contribution in [0.15, 0.2) is 6.07 Å². The molecule has 0 aromatic carbocycles. The van der Waals surface area contributed by atoms with E-state index in [2.05, 4.69) is 10.4 Å². The first kappa shape index (κ1) is 10.3. The van der Waals surface area contributed by atoms with E-state index >= 15 is 0 Å². The zero-order valence-electron chi connectivity index (χ0n) is 7.05. The van der Waals surface area contributed by atoms with Gasteiger partial charge in [-0.2, -0.15) is 5.10 Å². The number of carbonyl (C=O) groups is 1. The van der Waals surface area contributed by atoms with Crippen LogP contribution in [-0.2, 0) is 18.4 Å². The van der Waals surface area contributed by atoms with Gasteiger partial charge in [0.1, 0.15) is 11.0 Å². The van der Waals surface area contributed by atoms with Crippen LogP contribution in [0, 0.1) is 0 Å². The van der Waals surface area contributed by atoms with Crippen molar-refractivity contribution in [3.8, 4) is 0 Å². The molecule has 0 fully saturated rings. The molecule has 72 valence electrons. The minimum atomic E-state index is -0.219. The van der Waals surface area contributed by atoms with Gasteiger partial charge in [0.15, 0.2) is 0 Å². The molecule has 1 aromatic rings. The number of nitrogens with one attached hydrogen (secondary N) is 1. The average molecular weight is 222 g/mol. The summed E-state index contributed by atoms with van der Waals surface area (Å²) in [5.74, 6) is -0.260. The normalized spacial score (nSPS) is 10.1. The third-order valence-electron chi connectivity index (χ3n) is 1.46. The predicted molar refractivity (Wildman–Crippen MR) is 50.8 cm³/mol. The van der Waals surface area contributed by atoms with Gasteiger partial charge in [0.25, 0.3) is 0 Å². The van der Waals surface area contributed by atoms with Gasteiger partial charge in [-0.3, -0.25) is 9.48 Å². The Hall–Kier alpha value is -0.740. The van der Waals surface area contributed by atoms with E-state index in [9.17, 15) is 4.79 Å². The maximum Gasteiger partial charge on any atom is 0.235 e. The lowest BCUT2D eigenvalue weighted by Gasteiger charge is -1.97. The highest BCUT2D eigenvalue weighted by Crippen LogP contribution is 2.08. The van der Waals surface area contributed by atoms with Crippen LogP contribution in [-0.4, -0.2) is 21.6 Å². The van der Waals surface area contributed by atoms with Gasteiger partial charge in [0, 0.05) is 13.1 Å². The number of aryl methyl sites for hydroxylation is 1. The maximum atomic E-state index is 10.8. The number of carbonyl (C=O) groups excluding carboxylic acids is 1. The number of amides is 1. The second kappa shape index (κ2) is 4.48. The van der Waals surface area contributed by atoms with Crippen molar-refractivity contribution < 1.29 is 4.79 Å². The summed E-state index contributed by atoms with van der Waals surface area (Å²) in [4.78, 5) is 10.8. The molecule has 0 spiro atoms. The van der Waals surface area contributed by atoms with Crippen molar-refractivity contribution in [2.45, 2.75) is 6.54 Å². The number of alkyl halides is 1. The molecule has 1 rings (SSSR count). The van der Waals surface area contributed by atoms with E-state index in [0.717, 1.165) is 0 Å². The molecule has 1 N–H and O–H groups in total. The molecule has 6 heteroatoms. The summed E-state index contributed by atoms with van der Waals surface area (Å²) in [5, 5.41) is 7.16. The van der Waals surface area contributed by atoms with Gasteiger partial charge in [0.2, 0.25) is 5.91 Å². The monoisotopic (exact) mass is 221 g/mol. The number of rotatable bonds is 3. The Morgan fingerprint density at radius 1 is 1.77 bits per heavy atom. The molecule has 0 aliphatic rings. The lowest BCUT2D eigenvalue weighted by Crippen LogP contribution is -2.23. The van der Waals surface area contributed by atoms with E-state index < -0.39 is 0 Å². The highest BCUT2D eigenvalue weighted by molar-refractivity contribution is 6.29. The highest BCUT2D eigenvalue weighted by atomic mass is 35.5. The SMILES string of the molecule is Cn1nc(CNC(=O)CCl)cc1Cl. The molecule has 0 saturated heterocycles. The predicted octanol–water partition coefficient (Wildman–Crippen LogP) is 0.928. The smallest absolute Gasteiger partial charge is 0.235 e. The highest BCUT2D eigenvalue weighted by Gasteiger charge is 2.03. The standard InChI is InChI=1S/C7H9Cl2N3O/c1-12-6(9)2-5(11-12)4-10-7(13)3-8/h2H,3-4H2,1H3,(H,10,13). The summed E-state index contributed by atoms with van der Waals surface area (Å²) >= 11 is 11.0. The van der Waals surface area contributed by atoms with E-state index in [1.807, 2.05) is 0 Å². The number of hydrogen-bond acceptors (Lipinski definition) is 2. The Bertz CT molecular complexity index is 291. The van der Waals surface area contributed by atoms with Crippen LogP contribution in [0.25, 0.3) is 0 Å². The second-order valence-corrected chi connectivity index (χ2v) is 3.15. The van der Waals surface area contributed by atoms with Crippen LogP contribution < -0.4 is 5.32 Å². The van der Waals surface area contributed by atoms with E-state index in [4.69, 9.17) is 23.2 Å². The van der Waals surface area contributed by atoms with Crippen LogP contribution in [0.3, 0.4) is 0 Å². The molecule has 1 aromatic heterocycles. The first-order valence-corrected chi connectivity index (χ1v) is 4.56. The quantitative estimate of drug-likeness (QED) is 0.773. The summed E-state index contributed by atoms with van der Waals surface area (Å²) in [7, 11) is 1.73. The summed E-state index contributed by atoms with van der Waals surface area (Å²) in [6.45, 7) is 0.353. The van der Waals surface area contributed by atoms with Crippen molar-refractivity contribution in [2.75, 3.05) is 5.88 Å². The van der Waals surface area contributed by atoms with Crippen LogP contribution >= 0.6 is 23.2 Å². The summed E-state index contributed by atoms with van der Waals surface area (Å²) in [6.07, 6.45) is 0. The van der Waals surface area contributed by atoms with Crippen molar-refractivity contribution in [2.24, 2.45) is 7.05 Å². The van der Waals surface area contributed by atoms with Gasteiger partial charge in [-0.15, -0.1) is 11.6 Å². The fourth-order valence-corrected chi connectivity index (χ4v) is 1.08. The van der Waals surface area contributed by atoms with E-state index in [-0.39, 0.29) is 11.8 Å². The van der Waals surface area contributed by atoms with Gasteiger partial charge in [-0.05, 0) is 0 Å². The Labute approximate surface area is 85.8 Å². The molecule has 13 heavy (non-hydrogen) atoms. The van der Waals surface area contributed by atoms with Crippen LogP contribution in [0.2, 0.25) is 5.15 Å². The van der Waals surface area contributed by atoms with Gasteiger partial charge in [0.05, 0.1) is 12.2 Å². The summed E-state index contributed by atoms with van der Waals surface area (Å²) in [5.41, 5.74) is 0.714. The minimum absolute atomic E-state index is 0.0411. The Morgan fingerprint density at radius 2 is 2.46 bits per heavy atom. The zero-order chi connectivity index (χ0) is 9.84. The fraction of sp³-hybridized carbons (Fsp3) is 0.429. The van der Waals surface area contributed by atoms with Crippen molar-refractivity contribution in [1.29, 1.82) is 0 Å². The van der Waals surface area contributed by atoms with Gasteiger partial charge in [-0.1, -0.05) is 11.6 Å². The summed E-state index contributed by atoms with van der Waals surface area (Å²) in [6, 6.07) is 1.69. The average Bonchev–Trinajstić information content (AvgIpc) is 2.42. The van der Waals surface area contributed by atoms with Gasteiger partial charge in [-0.25, -0.2) is 0 Å². The van der Waals surface area contributed by atoms with Crippen LogP contribution in [0.4, 0.5) is 0 Å². The first-order chi connectivity index (χ1) is 6.13. The molecule has 0 atom stereocenters. The van der Waals surface area contributed by atoms with Crippen molar-refractivity contribution in [3.63, 3.8) is 0 Å². The van der Waals surface area contributed by atoms with Crippen molar-refractivity contribution >= 4 is 29.1 Å². The molecule has 1 amide bonds. The second-order valence-electron chi connectivity index (χ2n) is 2.49. The number of nitrogens with zero attached hydrogens (tertiary/aromatic N) is 2. The van der Waals surface area contributed by atoms with Crippen LogP contribution in [0.1, 0.15) is 5.69 Å². The molecule has 4 nitrogen and oxygen atoms in total. The van der Waals surface area contributed by atoms with Crippen LogP contribution in [0.5, 0.6) is 0 Å². The molecule has 0 aliphatic heterocycles. The summed E-state index contributed by atoms with van der Waals surface area (Å²) < 4.78 is 1.53. The van der Waals surface area contributed by atoms with E-state index in [1.165, 1.54) is 4.68 Å². The first-order valence-electron chi connectivity index (χ1n) is 3.64. The van der Waals surface area contributed by atoms with Gasteiger partial charge >= 0.3 is 0 Å². The third-order valence-corrected chi connectivity index (χ3v) is 2.06. The minimum Gasteiger partial charge on any atom is -0.349 e. The molecule has 1 heterocycles. The number of halogens is 2. The maximum absolute atomic E-state index is 10.8. The van der Waals surface area contributed by atoms with Gasteiger partial charge < -0.3 is 5.32 Å². The number of aromatic nitrogens is 2. The molecular weight excluding hydrogens is 213 g/mol. The van der Waals surface area contributed by atoms with E-state index in [0.29, 0.717) is 17.4 Å². The molecule has 0 saturated carbocycles. The number of hydrogen-bond donors (Lipinski definition) is 1. The molecular formula is C7H9Cl2N3O. The lowest BCUT2D eigenvalue weighted by atomic mass is 10.4. The lowest BCUT2D eigenvalue weighted by molar-refractivity contribution is -0.118. The Balaban J connectivity index is 2.50. The Kier molecular flexibility index (Phi) is 3.57. The fourth-order valence-electron chi connectivity index (χ4n) is 0.823. The largest absolute Gasteiger partial charge is 0.349 e. The Morgan fingerprint density at radius 3 is 2.92 bits per heavy atom. The molecule has 0 bridgehead atoms. The molecule has 0 aliphatic carbocycles. The zero-order valence-corrected chi connectivity index (χ0v) is 8.56. The van der Waals surface area contributed by atoms with E-state index in [1.54, 1.807) is 13.1 Å². The third kappa shape index (κ3) is 2.90. The molecule has 0 radical (unpaired) electrons. The molecule has 0 unspecified atom stereocenters. The van der Waals surface area contributed by atoms with Crippen molar-refractivity contribution in [1.82, 2.24) is 15.1 Å².